The summed E-state index contributed by atoms with van der Waals surface area (Å²) >= 11 is 0. The van der Waals surface area contributed by atoms with Gasteiger partial charge in [0.25, 0.3) is 5.56 Å². The van der Waals surface area contributed by atoms with Gasteiger partial charge in [0.15, 0.2) is 0 Å². The van der Waals surface area contributed by atoms with E-state index in [1.165, 1.54) is 16.8 Å². The minimum absolute atomic E-state index is 0.197. The number of rotatable bonds is 4. The first kappa shape index (κ1) is 21.0. The van der Waals surface area contributed by atoms with Crippen molar-refractivity contribution in [3.05, 3.63) is 98.4 Å². The lowest BCUT2D eigenvalue weighted by molar-refractivity contribution is 0.438. The van der Waals surface area contributed by atoms with Crippen molar-refractivity contribution in [2.75, 3.05) is 0 Å². The summed E-state index contributed by atoms with van der Waals surface area (Å²) < 4.78 is 8.22. The monoisotopic (exact) mass is 437 g/mol. The lowest BCUT2D eigenvalue weighted by Crippen LogP contribution is -2.43. The number of hydrogen-bond acceptors (Lipinski definition) is 3. The van der Waals surface area contributed by atoms with Gasteiger partial charge in [-0.15, -0.1) is 0 Å². The molecule has 0 bridgehead atoms. The molecule has 166 valence electrons. The molecule has 1 unspecified atom stereocenters. The fourth-order valence-electron chi connectivity index (χ4n) is 4.44. The fourth-order valence-corrected chi connectivity index (χ4v) is 4.44. The van der Waals surface area contributed by atoms with Crippen LogP contribution in [0.4, 0.5) is 0 Å². The first-order chi connectivity index (χ1) is 16.0. The van der Waals surface area contributed by atoms with E-state index < -0.39 is 0 Å². The smallest absolute Gasteiger partial charge is 0.302 e. The number of fused-ring (bicyclic) bond motifs is 2. The van der Waals surface area contributed by atoms with Gasteiger partial charge in [-0.3, -0.25) is 9.78 Å². The second kappa shape index (κ2) is 8.58. The van der Waals surface area contributed by atoms with Gasteiger partial charge in [0.05, 0.1) is 10.6 Å². The number of allylic oxidation sites excluding steroid dienone is 2. The van der Waals surface area contributed by atoms with Crippen molar-refractivity contribution >= 4 is 23.1 Å². The van der Waals surface area contributed by atoms with Gasteiger partial charge in [-0.2, -0.15) is 4.98 Å². The Morgan fingerprint density at radius 2 is 1.91 bits per heavy atom. The molecule has 33 heavy (non-hydrogen) atoms. The van der Waals surface area contributed by atoms with Gasteiger partial charge in [0, 0.05) is 29.6 Å². The molecule has 0 amide bonds. The van der Waals surface area contributed by atoms with Gasteiger partial charge in [-0.05, 0) is 55.7 Å². The Labute approximate surface area is 192 Å². The van der Waals surface area contributed by atoms with Crippen LogP contribution >= 0.6 is 0 Å². The van der Waals surface area contributed by atoms with E-state index >= 15 is 0 Å². The molecule has 0 saturated heterocycles. The summed E-state index contributed by atoms with van der Waals surface area (Å²) in [5.74, 6) is 0.907. The maximum Gasteiger partial charge on any atom is 0.302 e. The molecule has 2 aromatic carbocycles. The Balaban J connectivity index is 1.50. The normalized spacial score (nSPS) is 18.0. The summed E-state index contributed by atoms with van der Waals surface area (Å²) in [7, 11) is 2.09. The van der Waals surface area contributed by atoms with Crippen molar-refractivity contribution in [3.8, 4) is 11.8 Å². The van der Waals surface area contributed by atoms with Crippen LogP contribution < -0.4 is 20.9 Å². The lowest BCUT2D eigenvalue weighted by atomic mass is 9.98. The number of aromatic amines is 1. The average molecular weight is 438 g/mol. The van der Waals surface area contributed by atoms with Crippen LogP contribution in [0.3, 0.4) is 0 Å². The molecule has 1 aliphatic rings. The van der Waals surface area contributed by atoms with Crippen molar-refractivity contribution in [1.82, 2.24) is 14.5 Å². The minimum Gasteiger partial charge on any atom is -0.426 e. The van der Waals surface area contributed by atoms with Gasteiger partial charge in [-0.1, -0.05) is 55.0 Å². The summed E-state index contributed by atoms with van der Waals surface area (Å²) in [6, 6.07) is 18.9. The Morgan fingerprint density at radius 3 is 2.73 bits per heavy atom. The summed E-state index contributed by atoms with van der Waals surface area (Å²) in [5, 5.41) is 2.32. The third kappa shape index (κ3) is 4.14. The average Bonchev–Trinajstić information content (AvgIpc) is 3.13. The number of benzene rings is 2. The van der Waals surface area contributed by atoms with Crippen LogP contribution in [-0.4, -0.2) is 14.5 Å². The van der Waals surface area contributed by atoms with Crippen LogP contribution in [0.5, 0.6) is 11.8 Å². The number of H-pyrrole nitrogens is 1. The molecular weight excluding hydrogens is 410 g/mol. The van der Waals surface area contributed by atoms with Crippen molar-refractivity contribution in [2.24, 2.45) is 7.05 Å². The Morgan fingerprint density at radius 1 is 1.09 bits per heavy atom. The summed E-state index contributed by atoms with van der Waals surface area (Å²) in [5.41, 5.74) is 4.69. The number of aryl methyl sites for hydroxylation is 1. The summed E-state index contributed by atoms with van der Waals surface area (Å²) in [6.07, 6.45) is 7.62. The largest absolute Gasteiger partial charge is 0.426 e. The van der Waals surface area contributed by atoms with Gasteiger partial charge in [-0.25, -0.2) is 0 Å². The standard InChI is InChI=1S/C28H27N3O2/c1-18-8-7-11-24-23(14-12-18)27(32)30-28(29-24)33-22-13-15-25-21(16-22)17-26(31(25)3)19(2)20-9-5-4-6-10-20/h4-6,9-17,19H,7-8H2,1-3H3,(H,29,30,32)/b18-12+,23-14+,24-11+. The van der Waals surface area contributed by atoms with Crippen LogP contribution in [-0.2, 0) is 7.05 Å². The number of nitrogens with one attached hydrogen (secondary N) is 1. The molecular formula is C28H27N3O2. The van der Waals surface area contributed by atoms with E-state index in [9.17, 15) is 4.79 Å². The molecule has 5 heteroatoms. The van der Waals surface area contributed by atoms with E-state index in [1.54, 1.807) is 0 Å². The van der Waals surface area contributed by atoms with Gasteiger partial charge in [0.2, 0.25) is 0 Å². The van der Waals surface area contributed by atoms with Crippen molar-refractivity contribution in [1.29, 1.82) is 0 Å². The lowest BCUT2D eigenvalue weighted by Gasteiger charge is -2.13. The molecule has 0 radical (unpaired) electrons. The Kier molecular flexibility index (Phi) is 5.47. The molecule has 1 atom stereocenters. The molecule has 5 nitrogen and oxygen atoms in total. The molecule has 2 heterocycles. The maximum absolute atomic E-state index is 12.7. The quantitative estimate of drug-likeness (QED) is 0.511. The third-order valence-electron chi connectivity index (χ3n) is 6.38. The van der Waals surface area contributed by atoms with E-state index in [4.69, 9.17) is 4.74 Å². The minimum atomic E-state index is -0.197. The molecule has 1 N–H and O–H groups in total. The molecule has 0 aliphatic heterocycles. The van der Waals surface area contributed by atoms with Crippen LogP contribution in [0.25, 0.3) is 23.1 Å². The number of hydrogen-bond donors (Lipinski definition) is 1. The summed E-state index contributed by atoms with van der Waals surface area (Å²) in [6.45, 7) is 4.29. The highest BCUT2D eigenvalue weighted by molar-refractivity contribution is 5.83. The topological polar surface area (TPSA) is 59.9 Å². The van der Waals surface area contributed by atoms with E-state index in [1.807, 2.05) is 42.5 Å². The molecule has 0 spiro atoms. The van der Waals surface area contributed by atoms with Crippen LogP contribution in [0.1, 0.15) is 43.9 Å². The Bertz CT molecular complexity index is 1540. The van der Waals surface area contributed by atoms with Gasteiger partial charge >= 0.3 is 6.01 Å². The molecule has 4 aromatic rings. The first-order valence-electron chi connectivity index (χ1n) is 11.3. The van der Waals surface area contributed by atoms with Crippen molar-refractivity contribution in [3.63, 3.8) is 0 Å². The van der Waals surface area contributed by atoms with E-state index in [0.717, 1.165) is 23.7 Å². The van der Waals surface area contributed by atoms with Crippen molar-refractivity contribution < 1.29 is 4.74 Å². The molecule has 0 fully saturated rings. The highest BCUT2D eigenvalue weighted by atomic mass is 16.5. The molecule has 5 rings (SSSR count). The SMILES string of the molecule is C\C1=C/C=c2/c(=O)[nH]c(Oc3ccc4c(c3)cc(C(C)c3ccccc3)n4C)n/c2=C/CC1. The maximum atomic E-state index is 12.7. The van der Waals surface area contributed by atoms with Crippen LogP contribution in [0.2, 0.25) is 0 Å². The zero-order valence-corrected chi connectivity index (χ0v) is 19.1. The van der Waals surface area contributed by atoms with E-state index in [-0.39, 0.29) is 17.5 Å². The van der Waals surface area contributed by atoms with Crippen LogP contribution in [0, 0.1) is 0 Å². The molecule has 1 aliphatic carbocycles. The van der Waals surface area contributed by atoms with Crippen molar-refractivity contribution in [2.45, 2.75) is 32.6 Å². The van der Waals surface area contributed by atoms with Gasteiger partial charge < -0.3 is 9.30 Å². The number of nitrogens with zero attached hydrogens (tertiary/aromatic N) is 2. The second-order valence-electron chi connectivity index (χ2n) is 8.68. The zero-order chi connectivity index (χ0) is 22.9. The zero-order valence-electron chi connectivity index (χ0n) is 19.1. The predicted octanol–water partition coefficient (Wildman–Crippen LogP) is 4.51. The second-order valence-corrected chi connectivity index (χ2v) is 8.68. The van der Waals surface area contributed by atoms with Gasteiger partial charge in [0.1, 0.15) is 5.75 Å². The number of aromatic nitrogens is 3. The fraction of sp³-hybridized carbons (Fsp3) is 0.214. The van der Waals surface area contributed by atoms with E-state index in [2.05, 4.69) is 65.8 Å². The van der Waals surface area contributed by atoms with E-state index in [0.29, 0.717) is 16.3 Å². The Hall–Kier alpha value is -3.86. The van der Waals surface area contributed by atoms with Crippen LogP contribution in [0.15, 0.2) is 71.0 Å². The molecule has 2 aromatic heterocycles. The first-order valence-corrected chi connectivity index (χ1v) is 11.3. The molecule has 0 saturated carbocycles. The summed E-state index contributed by atoms with van der Waals surface area (Å²) in [4.78, 5) is 20.0. The third-order valence-corrected chi connectivity index (χ3v) is 6.38. The number of ether oxygens (including phenoxy) is 1. The highest BCUT2D eigenvalue weighted by Gasteiger charge is 2.15. The highest BCUT2D eigenvalue weighted by Crippen LogP contribution is 2.31. The predicted molar refractivity (Wildman–Crippen MR) is 133 cm³/mol.